The van der Waals surface area contributed by atoms with E-state index >= 15 is 0 Å². The second-order valence-corrected chi connectivity index (χ2v) is 12.1. The van der Waals surface area contributed by atoms with Crippen LogP contribution in [0.3, 0.4) is 0 Å². The van der Waals surface area contributed by atoms with Crippen LogP contribution in [0, 0.1) is 17.8 Å². The summed E-state index contributed by atoms with van der Waals surface area (Å²) in [5, 5.41) is 8.31. The first kappa shape index (κ1) is 34.0. The van der Waals surface area contributed by atoms with Crippen molar-refractivity contribution in [2.45, 2.75) is 111 Å². The van der Waals surface area contributed by atoms with Crippen LogP contribution in [0.4, 0.5) is 0 Å². The molecule has 2 aliphatic heterocycles. The smallest absolute Gasteiger partial charge is 0.308 e. The average Bonchev–Trinajstić information content (AvgIpc) is 3.41. The van der Waals surface area contributed by atoms with Crippen molar-refractivity contribution in [3.05, 3.63) is 0 Å². The topological polar surface area (TPSA) is 154 Å². The van der Waals surface area contributed by atoms with Gasteiger partial charge < -0.3 is 30.5 Å². The Morgan fingerprint density at radius 1 is 0.902 bits per heavy atom. The number of nitrogens with one attached hydrogen (secondary N) is 3. The number of cyclic esters (lactones) is 1. The van der Waals surface area contributed by atoms with Crippen molar-refractivity contribution in [2.75, 3.05) is 20.1 Å². The van der Waals surface area contributed by atoms with Gasteiger partial charge >= 0.3 is 5.97 Å². The van der Waals surface area contributed by atoms with Crippen LogP contribution in [0.25, 0.3) is 0 Å². The lowest BCUT2D eigenvalue weighted by Gasteiger charge is -2.33. The molecule has 0 aliphatic carbocycles. The Labute approximate surface area is 243 Å². The van der Waals surface area contributed by atoms with E-state index in [0.717, 1.165) is 0 Å². The van der Waals surface area contributed by atoms with E-state index in [1.54, 1.807) is 20.8 Å². The van der Waals surface area contributed by atoms with Crippen LogP contribution in [-0.4, -0.2) is 95.7 Å². The molecule has 0 bridgehead atoms. The molecule has 6 atom stereocenters. The third kappa shape index (κ3) is 8.90. The lowest BCUT2D eigenvalue weighted by atomic mass is 9.95. The maximum Gasteiger partial charge on any atom is 0.308 e. The molecule has 3 N–H and O–H groups in total. The van der Waals surface area contributed by atoms with E-state index < -0.39 is 65.8 Å². The van der Waals surface area contributed by atoms with Crippen LogP contribution >= 0.6 is 0 Å². The molecule has 12 nitrogen and oxygen atoms in total. The van der Waals surface area contributed by atoms with E-state index in [2.05, 4.69) is 16.0 Å². The van der Waals surface area contributed by atoms with Gasteiger partial charge in [0.05, 0.1) is 6.42 Å². The zero-order chi connectivity index (χ0) is 31.0. The second-order valence-electron chi connectivity index (χ2n) is 12.1. The monoisotopic (exact) mass is 579 g/mol. The predicted octanol–water partition coefficient (Wildman–Crippen LogP) is 0.974. The van der Waals surface area contributed by atoms with E-state index in [9.17, 15) is 28.8 Å². The summed E-state index contributed by atoms with van der Waals surface area (Å²) in [6.07, 6.45) is 0.624. The van der Waals surface area contributed by atoms with E-state index in [1.165, 1.54) is 16.8 Å². The maximum atomic E-state index is 13.6. The van der Waals surface area contributed by atoms with Crippen molar-refractivity contribution in [3.8, 4) is 0 Å². The highest BCUT2D eigenvalue weighted by Gasteiger charge is 2.41. The minimum absolute atomic E-state index is 0.0363. The van der Waals surface area contributed by atoms with Crippen molar-refractivity contribution in [3.63, 3.8) is 0 Å². The average molecular weight is 580 g/mol. The van der Waals surface area contributed by atoms with Crippen molar-refractivity contribution in [1.29, 1.82) is 0 Å². The fourth-order valence-corrected chi connectivity index (χ4v) is 5.06. The molecule has 0 spiro atoms. The van der Waals surface area contributed by atoms with Crippen molar-refractivity contribution < 1.29 is 33.5 Å². The van der Waals surface area contributed by atoms with E-state index in [4.69, 9.17) is 4.74 Å². The summed E-state index contributed by atoms with van der Waals surface area (Å²) in [5.74, 6) is -3.52. The molecule has 5 amide bonds. The number of esters is 1. The second kappa shape index (κ2) is 15.2. The zero-order valence-electron chi connectivity index (χ0n) is 25.8. The molecular weight excluding hydrogens is 530 g/mol. The summed E-state index contributed by atoms with van der Waals surface area (Å²) in [6.45, 7) is 13.0. The van der Waals surface area contributed by atoms with Gasteiger partial charge in [0.1, 0.15) is 24.2 Å². The van der Waals surface area contributed by atoms with Crippen LogP contribution in [0.5, 0.6) is 0 Å². The Hall–Kier alpha value is -3.18. The van der Waals surface area contributed by atoms with Gasteiger partial charge in [0.25, 0.3) is 5.91 Å². The van der Waals surface area contributed by atoms with Crippen LogP contribution in [0.1, 0.15) is 80.6 Å². The highest BCUT2D eigenvalue weighted by Crippen LogP contribution is 2.23. The number of hydrogen-bond donors (Lipinski definition) is 3. The zero-order valence-corrected chi connectivity index (χ0v) is 25.8. The molecule has 0 saturated carbocycles. The van der Waals surface area contributed by atoms with E-state index in [1.807, 2.05) is 27.7 Å². The van der Waals surface area contributed by atoms with Gasteiger partial charge in [0.15, 0.2) is 6.10 Å². The standard InChI is InChI=1S/C29H49N5O7/c1-9-18(6)24-27(38)31-23(17(4)5)29(40)33(8)19(7)25(36)30-13-12-22(35)41-21(15-16(2)3)28(39)34-14-10-11-20(34)26(37)32-24/h16-21,23-24H,9-15H2,1-8H3,(H,30,36)(H,31,38)(H,32,37)/t18-,19-,20-,21+,23?,24-/m0/s1. The lowest BCUT2D eigenvalue weighted by Crippen LogP contribution is -2.60. The number of nitrogens with zero attached hydrogens (tertiary/aromatic N) is 2. The molecular formula is C29H49N5O7. The number of amides is 5. The van der Waals surface area contributed by atoms with Crippen molar-refractivity contribution >= 4 is 35.5 Å². The summed E-state index contributed by atoms with van der Waals surface area (Å²) in [5.41, 5.74) is 0. The van der Waals surface area contributed by atoms with Crippen LogP contribution < -0.4 is 16.0 Å². The quantitative estimate of drug-likeness (QED) is 0.410. The summed E-state index contributed by atoms with van der Waals surface area (Å²) in [6, 6.07) is -3.58. The highest BCUT2D eigenvalue weighted by atomic mass is 16.5. The van der Waals surface area contributed by atoms with Crippen LogP contribution in [0.2, 0.25) is 0 Å². The van der Waals surface area contributed by atoms with Crippen molar-refractivity contribution in [2.24, 2.45) is 17.8 Å². The molecule has 2 aliphatic rings. The molecule has 0 aromatic heterocycles. The molecule has 1 unspecified atom stereocenters. The van der Waals surface area contributed by atoms with Gasteiger partial charge in [-0.15, -0.1) is 0 Å². The SMILES string of the molecule is CC[C@H](C)[C@@H]1NC(=O)[C@@H]2CCCN2C(=O)[C@@H](CC(C)C)OC(=O)CCNC(=O)[C@H](C)N(C)C(=O)C(C(C)C)NC1=O. The third-order valence-electron chi connectivity index (χ3n) is 8.03. The summed E-state index contributed by atoms with van der Waals surface area (Å²) in [7, 11) is 1.48. The Balaban J connectivity index is 2.48. The number of ether oxygens (including phenoxy) is 1. The fraction of sp³-hybridized carbons (Fsp3) is 0.793. The fourth-order valence-electron chi connectivity index (χ4n) is 5.06. The number of carbonyl (C=O) groups is 6. The Morgan fingerprint density at radius 2 is 1.54 bits per heavy atom. The van der Waals surface area contributed by atoms with Gasteiger partial charge in [-0.3, -0.25) is 28.8 Å². The Bertz CT molecular complexity index is 985. The van der Waals surface area contributed by atoms with Crippen LogP contribution in [-0.2, 0) is 33.5 Å². The predicted molar refractivity (Wildman–Crippen MR) is 152 cm³/mol. The van der Waals surface area contributed by atoms with Gasteiger partial charge in [-0.1, -0.05) is 48.0 Å². The number of carbonyl (C=O) groups excluding carboxylic acids is 6. The molecule has 232 valence electrons. The largest absolute Gasteiger partial charge is 0.452 e. The minimum Gasteiger partial charge on any atom is -0.452 e. The molecule has 0 aromatic carbocycles. The normalized spacial score (nSPS) is 28.8. The molecule has 2 saturated heterocycles. The number of rotatable bonds is 5. The Kier molecular flexibility index (Phi) is 12.6. The summed E-state index contributed by atoms with van der Waals surface area (Å²) in [4.78, 5) is 82.3. The van der Waals surface area contributed by atoms with E-state index in [0.29, 0.717) is 25.8 Å². The molecule has 12 heteroatoms. The maximum absolute atomic E-state index is 13.6. The first-order valence-corrected chi connectivity index (χ1v) is 14.8. The summed E-state index contributed by atoms with van der Waals surface area (Å²) < 4.78 is 5.58. The van der Waals surface area contributed by atoms with Gasteiger partial charge in [-0.25, -0.2) is 0 Å². The summed E-state index contributed by atoms with van der Waals surface area (Å²) >= 11 is 0. The van der Waals surface area contributed by atoms with Crippen LogP contribution in [0.15, 0.2) is 0 Å². The van der Waals surface area contributed by atoms with Crippen molar-refractivity contribution in [1.82, 2.24) is 25.8 Å². The number of fused-ring (bicyclic) bond motifs is 1. The highest BCUT2D eigenvalue weighted by molar-refractivity contribution is 5.96. The van der Waals surface area contributed by atoms with Gasteiger partial charge in [0, 0.05) is 20.1 Å². The third-order valence-corrected chi connectivity index (χ3v) is 8.03. The molecule has 2 rings (SSSR count). The molecule has 41 heavy (non-hydrogen) atoms. The van der Waals surface area contributed by atoms with E-state index in [-0.39, 0.29) is 37.1 Å². The molecule has 0 radical (unpaired) electrons. The minimum atomic E-state index is -1.07. The number of likely N-dealkylation sites (N-methyl/N-ethyl adjacent to an activating group) is 1. The molecule has 2 heterocycles. The Morgan fingerprint density at radius 3 is 2.12 bits per heavy atom. The number of hydrogen-bond acceptors (Lipinski definition) is 7. The molecule has 0 aromatic rings. The van der Waals surface area contributed by atoms with Gasteiger partial charge in [0.2, 0.25) is 23.6 Å². The van der Waals surface area contributed by atoms with Gasteiger partial charge in [-0.05, 0) is 43.9 Å². The van der Waals surface area contributed by atoms with Gasteiger partial charge in [-0.2, -0.15) is 0 Å². The lowest BCUT2D eigenvalue weighted by molar-refractivity contribution is -0.162. The first-order chi connectivity index (χ1) is 19.2. The first-order valence-electron chi connectivity index (χ1n) is 14.8. The molecule has 2 fully saturated rings.